The number of ether oxygens (including phenoxy) is 2. The molecule has 0 radical (unpaired) electrons. The lowest BCUT2D eigenvalue weighted by atomic mass is 10.1. The molecular weight excluding hydrogens is 278 g/mol. The van der Waals surface area contributed by atoms with Crippen molar-refractivity contribution in [2.24, 2.45) is 0 Å². The van der Waals surface area contributed by atoms with Gasteiger partial charge in [0.05, 0.1) is 19.3 Å². The van der Waals surface area contributed by atoms with Gasteiger partial charge in [0.1, 0.15) is 11.8 Å². The molecule has 5 nitrogen and oxygen atoms in total. The molecule has 0 amide bonds. The smallest absolute Gasteiger partial charge is 0.326 e. The molecule has 0 bridgehead atoms. The predicted octanol–water partition coefficient (Wildman–Crippen LogP) is 2.05. The summed E-state index contributed by atoms with van der Waals surface area (Å²) < 4.78 is 12.6. The molecule has 0 aliphatic carbocycles. The van der Waals surface area contributed by atoms with Gasteiger partial charge in [-0.05, 0) is 50.1 Å². The minimum Gasteiger partial charge on any atom is -0.508 e. The van der Waals surface area contributed by atoms with Crippen molar-refractivity contribution in [3.63, 3.8) is 0 Å². The number of carbonyl (C=O) groups is 1. The molecule has 20 heavy (non-hydrogen) atoms. The molecule has 0 spiro atoms. The highest BCUT2D eigenvalue weighted by molar-refractivity contribution is 7.97. The molecule has 0 saturated carbocycles. The number of esters is 1. The van der Waals surface area contributed by atoms with Gasteiger partial charge in [-0.2, -0.15) is 0 Å². The lowest BCUT2D eigenvalue weighted by Crippen LogP contribution is -2.54. The second kappa shape index (κ2) is 6.47. The first kappa shape index (κ1) is 15.2. The van der Waals surface area contributed by atoms with Crippen LogP contribution in [-0.2, 0) is 14.3 Å². The van der Waals surface area contributed by atoms with E-state index in [1.807, 2.05) is 30.3 Å². The molecule has 3 atom stereocenters. The summed E-state index contributed by atoms with van der Waals surface area (Å²) in [6, 6.07) is 6.46. The Kier molecular flexibility index (Phi) is 4.91. The van der Waals surface area contributed by atoms with Gasteiger partial charge in [0.2, 0.25) is 0 Å². The van der Waals surface area contributed by atoms with Gasteiger partial charge in [-0.1, -0.05) is 0 Å². The molecule has 1 N–H and O–H groups in total. The second-order valence-corrected chi connectivity index (χ2v) is 5.93. The van der Waals surface area contributed by atoms with Crippen molar-refractivity contribution in [2.75, 3.05) is 13.7 Å². The van der Waals surface area contributed by atoms with Crippen molar-refractivity contribution < 1.29 is 19.4 Å². The van der Waals surface area contributed by atoms with Gasteiger partial charge in [-0.15, -0.1) is 0 Å². The van der Waals surface area contributed by atoms with Crippen LogP contribution in [0, 0.1) is 0 Å². The largest absolute Gasteiger partial charge is 0.508 e. The first-order valence-electron chi connectivity index (χ1n) is 6.48. The van der Waals surface area contributed by atoms with Crippen molar-refractivity contribution >= 4 is 17.9 Å². The zero-order valence-corrected chi connectivity index (χ0v) is 12.6. The maximum absolute atomic E-state index is 11.9. The van der Waals surface area contributed by atoms with Crippen molar-refractivity contribution in [2.45, 2.75) is 37.0 Å². The first-order chi connectivity index (χ1) is 9.51. The van der Waals surface area contributed by atoms with Crippen LogP contribution in [-0.4, -0.2) is 47.3 Å². The van der Waals surface area contributed by atoms with Crippen LogP contribution in [0.25, 0.3) is 0 Å². The summed E-state index contributed by atoms with van der Waals surface area (Å²) in [7, 11) is 1.39. The van der Waals surface area contributed by atoms with Crippen LogP contribution in [0.5, 0.6) is 5.75 Å². The maximum Gasteiger partial charge on any atom is 0.326 e. The molecule has 6 heteroatoms. The van der Waals surface area contributed by atoms with Crippen LogP contribution >= 0.6 is 11.9 Å². The van der Waals surface area contributed by atoms with Gasteiger partial charge in [-0.3, -0.25) is 4.79 Å². The van der Waals surface area contributed by atoms with Crippen LogP contribution < -0.4 is 0 Å². The van der Waals surface area contributed by atoms with E-state index >= 15 is 0 Å². The monoisotopic (exact) mass is 297 g/mol. The minimum absolute atomic E-state index is 0.0514. The highest BCUT2D eigenvalue weighted by Crippen LogP contribution is 2.31. The molecule has 1 aromatic rings. The van der Waals surface area contributed by atoms with Gasteiger partial charge in [0.15, 0.2) is 0 Å². The van der Waals surface area contributed by atoms with E-state index in [2.05, 4.69) is 0 Å². The number of methoxy groups -OCH3 is 1. The normalized spacial score (nSPS) is 27.2. The quantitative estimate of drug-likeness (QED) is 0.680. The number of rotatable bonds is 3. The van der Waals surface area contributed by atoms with E-state index in [1.54, 1.807) is 12.1 Å². The lowest BCUT2D eigenvalue weighted by molar-refractivity contribution is -0.158. The fourth-order valence-electron chi connectivity index (χ4n) is 2.25. The lowest BCUT2D eigenvalue weighted by Gasteiger charge is -2.39. The molecule has 3 unspecified atom stereocenters. The molecule has 0 aromatic heterocycles. The van der Waals surface area contributed by atoms with E-state index in [4.69, 9.17) is 9.47 Å². The van der Waals surface area contributed by atoms with Crippen LogP contribution in [0.3, 0.4) is 0 Å². The number of morpholine rings is 1. The van der Waals surface area contributed by atoms with Gasteiger partial charge in [-0.25, -0.2) is 4.31 Å². The number of hydrogen-bond donors (Lipinski definition) is 1. The number of nitrogens with zero attached hydrogens (tertiary/aromatic N) is 1. The van der Waals surface area contributed by atoms with Crippen molar-refractivity contribution in [3.8, 4) is 5.75 Å². The van der Waals surface area contributed by atoms with Crippen LogP contribution in [0.2, 0.25) is 0 Å². The number of phenols is 1. The number of aromatic hydroxyl groups is 1. The Labute approximate surface area is 123 Å². The minimum atomic E-state index is -0.435. The van der Waals surface area contributed by atoms with Crippen LogP contribution in [0.15, 0.2) is 29.2 Å². The van der Waals surface area contributed by atoms with Crippen LogP contribution in [0.4, 0.5) is 0 Å². The SMILES string of the molecule is COC(=O)C1C(C)OC(C)CN1Sc1ccc(O)cc1. The Bertz CT molecular complexity index is 465. The van der Waals surface area contributed by atoms with Crippen LogP contribution in [0.1, 0.15) is 13.8 Å². The fourth-order valence-corrected chi connectivity index (χ4v) is 3.44. The summed E-state index contributed by atoms with van der Waals surface area (Å²) in [5, 5.41) is 9.31. The van der Waals surface area contributed by atoms with Crippen molar-refractivity contribution in [3.05, 3.63) is 24.3 Å². The fraction of sp³-hybridized carbons (Fsp3) is 0.500. The molecule has 1 fully saturated rings. The Morgan fingerprint density at radius 1 is 1.40 bits per heavy atom. The molecule has 2 rings (SSSR count). The summed E-state index contributed by atoms with van der Waals surface area (Å²) in [5.41, 5.74) is 0. The number of carbonyl (C=O) groups excluding carboxylic acids is 1. The average molecular weight is 297 g/mol. The molecule has 1 aliphatic heterocycles. The topological polar surface area (TPSA) is 59.0 Å². The third-order valence-corrected chi connectivity index (χ3v) is 4.23. The Hall–Kier alpha value is -1.24. The molecular formula is C14H19NO4S. The third-order valence-electron chi connectivity index (χ3n) is 3.14. The zero-order chi connectivity index (χ0) is 14.7. The number of phenolic OH excluding ortho intramolecular Hbond substituents is 1. The highest BCUT2D eigenvalue weighted by Gasteiger charge is 2.39. The molecule has 110 valence electrons. The summed E-state index contributed by atoms with van der Waals surface area (Å²) in [6.45, 7) is 4.49. The first-order valence-corrected chi connectivity index (χ1v) is 7.25. The maximum atomic E-state index is 11.9. The molecule has 1 aromatic carbocycles. The molecule has 1 saturated heterocycles. The summed E-state index contributed by atoms with van der Waals surface area (Å²) in [4.78, 5) is 12.9. The van der Waals surface area contributed by atoms with E-state index in [1.165, 1.54) is 19.1 Å². The number of benzene rings is 1. The van der Waals surface area contributed by atoms with E-state index in [0.29, 0.717) is 6.54 Å². The zero-order valence-electron chi connectivity index (χ0n) is 11.8. The standard InChI is InChI=1S/C14H19NO4S/c1-9-8-15(13(10(2)19-9)14(17)18-3)20-12-6-4-11(16)5-7-12/h4-7,9-10,13,16H,8H2,1-3H3. The van der Waals surface area contributed by atoms with Gasteiger partial charge in [0.25, 0.3) is 0 Å². The molecule has 1 heterocycles. The third kappa shape index (κ3) is 3.45. The Morgan fingerprint density at radius 2 is 2.05 bits per heavy atom. The van der Waals surface area contributed by atoms with Gasteiger partial charge >= 0.3 is 5.97 Å². The van der Waals surface area contributed by atoms with Crippen molar-refractivity contribution in [1.82, 2.24) is 4.31 Å². The van der Waals surface area contributed by atoms with Gasteiger partial charge in [0, 0.05) is 11.4 Å². The van der Waals surface area contributed by atoms with E-state index < -0.39 is 6.04 Å². The second-order valence-electron chi connectivity index (χ2n) is 4.80. The predicted molar refractivity (Wildman–Crippen MR) is 76.5 cm³/mol. The average Bonchev–Trinajstić information content (AvgIpc) is 2.40. The van der Waals surface area contributed by atoms with E-state index in [-0.39, 0.29) is 23.9 Å². The van der Waals surface area contributed by atoms with Gasteiger partial charge < -0.3 is 14.6 Å². The summed E-state index contributed by atoms with van der Waals surface area (Å²) >= 11 is 1.47. The highest BCUT2D eigenvalue weighted by atomic mass is 32.2. The summed E-state index contributed by atoms with van der Waals surface area (Å²) in [5.74, 6) is -0.0711. The number of hydrogen-bond acceptors (Lipinski definition) is 6. The van der Waals surface area contributed by atoms with E-state index in [9.17, 15) is 9.90 Å². The van der Waals surface area contributed by atoms with Crippen molar-refractivity contribution in [1.29, 1.82) is 0 Å². The molecule has 1 aliphatic rings. The Morgan fingerprint density at radius 3 is 2.65 bits per heavy atom. The van der Waals surface area contributed by atoms with E-state index in [0.717, 1.165) is 4.90 Å². The Balaban J connectivity index is 2.16. The summed E-state index contributed by atoms with van der Waals surface area (Å²) in [6.07, 6.45) is -0.175.